The van der Waals surface area contributed by atoms with Gasteiger partial charge in [-0.1, -0.05) is 23.2 Å². The Morgan fingerprint density at radius 1 is 1.31 bits per heavy atom. The lowest BCUT2D eigenvalue weighted by atomic mass is 10.3. The van der Waals surface area contributed by atoms with Crippen LogP contribution in [0.5, 0.6) is 0 Å². The first-order valence-electron chi connectivity index (χ1n) is 3.11. The fourth-order valence-corrected chi connectivity index (χ4v) is 2.36. The molecule has 2 heterocycles. The van der Waals surface area contributed by atoms with E-state index in [0.717, 1.165) is 0 Å². The summed E-state index contributed by atoms with van der Waals surface area (Å²) in [6.07, 6.45) is 0. The van der Waals surface area contributed by atoms with Crippen molar-refractivity contribution in [2.75, 3.05) is 0 Å². The molecule has 2 rings (SSSR count). The summed E-state index contributed by atoms with van der Waals surface area (Å²) in [5.74, 6) is 0.276. The van der Waals surface area contributed by atoms with Crippen LogP contribution in [-0.2, 0) is 0 Å². The number of hydrogen-bond donors (Lipinski definition) is 0. The monoisotopic (exact) mass is 254 g/mol. The molecule has 0 N–H and O–H groups in total. The van der Waals surface area contributed by atoms with E-state index in [4.69, 9.17) is 39.3 Å². The lowest BCUT2D eigenvalue weighted by molar-refractivity contribution is 0.430. The molecule has 0 atom stereocenters. The predicted molar refractivity (Wildman–Crippen MR) is 52.6 cm³/mol. The Bertz CT molecular complexity index is 439. The van der Waals surface area contributed by atoms with Crippen LogP contribution in [0.3, 0.4) is 0 Å². The van der Waals surface area contributed by atoms with Crippen LogP contribution in [-0.4, -0.2) is 10.1 Å². The van der Waals surface area contributed by atoms with Gasteiger partial charge in [0.2, 0.25) is 0 Å². The average Bonchev–Trinajstić information content (AvgIpc) is 2.58. The summed E-state index contributed by atoms with van der Waals surface area (Å²) >= 11 is 18.3. The molecule has 0 saturated carbocycles. The number of thiophene rings is 1. The highest BCUT2D eigenvalue weighted by Crippen LogP contribution is 2.37. The zero-order valence-corrected chi connectivity index (χ0v) is 9.01. The Morgan fingerprint density at radius 2 is 2.08 bits per heavy atom. The van der Waals surface area contributed by atoms with E-state index in [1.165, 1.54) is 11.3 Å². The molecule has 0 fully saturated rings. The number of halogens is 3. The first-order valence-corrected chi connectivity index (χ1v) is 5.06. The van der Waals surface area contributed by atoms with Crippen molar-refractivity contribution < 1.29 is 4.52 Å². The van der Waals surface area contributed by atoms with Gasteiger partial charge in [-0.15, -0.1) is 11.3 Å². The van der Waals surface area contributed by atoms with Gasteiger partial charge in [0.15, 0.2) is 0 Å². The maximum Gasteiger partial charge on any atom is 0.264 e. The standard InChI is InChI=1S/C6HCl3N2OS/c7-3-1-2(4(8)13-3)5-10-6(9)11-12-5/h1H. The molecule has 0 aromatic carbocycles. The van der Waals surface area contributed by atoms with Crippen molar-refractivity contribution in [1.82, 2.24) is 10.1 Å². The molecular weight excluding hydrogens is 255 g/mol. The van der Waals surface area contributed by atoms with E-state index in [1.807, 2.05) is 0 Å². The molecule has 0 radical (unpaired) electrons. The van der Waals surface area contributed by atoms with Crippen molar-refractivity contribution in [3.63, 3.8) is 0 Å². The summed E-state index contributed by atoms with van der Waals surface area (Å²) in [4.78, 5) is 3.81. The summed E-state index contributed by atoms with van der Waals surface area (Å²) in [7, 11) is 0. The van der Waals surface area contributed by atoms with Crippen molar-refractivity contribution >= 4 is 46.1 Å². The Hall–Kier alpha value is -0.290. The second-order valence-electron chi connectivity index (χ2n) is 2.11. The van der Waals surface area contributed by atoms with Gasteiger partial charge in [0, 0.05) is 0 Å². The molecule has 0 unspecified atom stereocenters. The number of hydrogen-bond acceptors (Lipinski definition) is 4. The van der Waals surface area contributed by atoms with Crippen LogP contribution in [0.1, 0.15) is 0 Å². The third-order valence-corrected chi connectivity index (χ3v) is 2.93. The molecule has 2 aromatic heterocycles. The highest BCUT2D eigenvalue weighted by atomic mass is 35.5. The van der Waals surface area contributed by atoms with E-state index < -0.39 is 0 Å². The van der Waals surface area contributed by atoms with E-state index in [0.29, 0.717) is 14.2 Å². The van der Waals surface area contributed by atoms with Crippen LogP contribution >= 0.6 is 46.1 Å². The van der Waals surface area contributed by atoms with Gasteiger partial charge in [0.25, 0.3) is 11.2 Å². The molecule has 0 bridgehead atoms. The summed E-state index contributed by atoms with van der Waals surface area (Å²) in [5, 5.41) is 3.48. The molecule has 0 saturated heterocycles. The highest BCUT2D eigenvalue weighted by molar-refractivity contribution is 7.20. The van der Waals surface area contributed by atoms with Gasteiger partial charge in [-0.05, 0) is 22.8 Å². The Kier molecular flexibility index (Phi) is 2.47. The maximum atomic E-state index is 5.85. The van der Waals surface area contributed by atoms with E-state index in [2.05, 4.69) is 10.1 Å². The minimum absolute atomic E-state index is 0.0494. The third kappa shape index (κ3) is 1.81. The predicted octanol–water partition coefficient (Wildman–Crippen LogP) is 3.76. The van der Waals surface area contributed by atoms with Crippen LogP contribution in [0.2, 0.25) is 14.0 Å². The molecule has 68 valence electrons. The van der Waals surface area contributed by atoms with Crippen molar-refractivity contribution in [3.8, 4) is 11.5 Å². The Labute approximate surface area is 92.2 Å². The smallest absolute Gasteiger partial charge is 0.264 e. The summed E-state index contributed by atoms with van der Waals surface area (Å²) in [6, 6.07) is 1.65. The van der Waals surface area contributed by atoms with E-state index in [-0.39, 0.29) is 11.2 Å². The lowest BCUT2D eigenvalue weighted by Gasteiger charge is -1.85. The van der Waals surface area contributed by atoms with Crippen LogP contribution < -0.4 is 0 Å². The topological polar surface area (TPSA) is 38.9 Å². The molecule has 0 aliphatic rings. The second kappa shape index (κ2) is 3.46. The van der Waals surface area contributed by atoms with E-state index >= 15 is 0 Å². The molecule has 13 heavy (non-hydrogen) atoms. The van der Waals surface area contributed by atoms with Crippen molar-refractivity contribution in [2.24, 2.45) is 0 Å². The lowest BCUT2D eigenvalue weighted by Crippen LogP contribution is -1.71. The Balaban J connectivity index is 2.51. The zero-order chi connectivity index (χ0) is 9.42. The van der Waals surface area contributed by atoms with Crippen molar-refractivity contribution in [3.05, 3.63) is 20.0 Å². The minimum Gasteiger partial charge on any atom is -0.333 e. The van der Waals surface area contributed by atoms with Crippen LogP contribution in [0, 0.1) is 0 Å². The minimum atomic E-state index is 0.0494. The van der Waals surface area contributed by atoms with Crippen LogP contribution in [0.4, 0.5) is 0 Å². The summed E-state index contributed by atoms with van der Waals surface area (Å²) < 4.78 is 5.88. The number of rotatable bonds is 1. The maximum absolute atomic E-state index is 5.85. The fraction of sp³-hybridized carbons (Fsp3) is 0. The summed E-state index contributed by atoms with van der Waals surface area (Å²) in [6.45, 7) is 0. The quantitative estimate of drug-likeness (QED) is 0.779. The third-order valence-electron chi connectivity index (χ3n) is 1.29. The molecular formula is C6HCl3N2OS. The molecule has 0 spiro atoms. The molecule has 2 aromatic rings. The molecule has 3 nitrogen and oxygen atoms in total. The van der Waals surface area contributed by atoms with E-state index in [1.54, 1.807) is 6.07 Å². The van der Waals surface area contributed by atoms with Gasteiger partial charge in [0.1, 0.15) is 4.34 Å². The van der Waals surface area contributed by atoms with Crippen molar-refractivity contribution in [2.45, 2.75) is 0 Å². The zero-order valence-electron chi connectivity index (χ0n) is 5.92. The van der Waals surface area contributed by atoms with Gasteiger partial charge in [-0.3, -0.25) is 0 Å². The number of aromatic nitrogens is 2. The molecule has 0 amide bonds. The van der Waals surface area contributed by atoms with Gasteiger partial charge in [-0.2, -0.15) is 4.98 Å². The van der Waals surface area contributed by atoms with Crippen LogP contribution in [0.25, 0.3) is 11.5 Å². The van der Waals surface area contributed by atoms with Gasteiger partial charge < -0.3 is 4.52 Å². The average molecular weight is 256 g/mol. The first-order chi connectivity index (χ1) is 6.16. The van der Waals surface area contributed by atoms with Gasteiger partial charge >= 0.3 is 0 Å². The second-order valence-corrected chi connectivity index (χ2v) is 4.73. The SMILES string of the molecule is Clc1noc(-c2cc(Cl)sc2Cl)n1. The normalized spacial score (nSPS) is 10.7. The van der Waals surface area contributed by atoms with Gasteiger partial charge in [0.05, 0.1) is 9.90 Å². The molecule has 0 aliphatic heterocycles. The van der Waals surface area contributed by atoms with Gasteiger partial charge in [-0.25, -0.2) is 0 Å². The fourth-order valence-electron chi connectivity index (χ4n) is 0.801. The molecule has 0 aliphatic carbocycles. The van der Waals surface area contributed by atoms with E-state index in [9.17, 15) is 0 Å². The highest BCUT2D eigenvalue weighted by Gasteiger charge is 2.14. The summed E-state index contributed by atoms with van der Waals surface area (Å²) in [5.41, 5.74) is 0.607. The van der Waals surface area contributed by atoms with Crippen LogP contribution in [0.15, 0.2) is 10.6 Å². The first kappa shape index (κ1) is 9.27. The Morgan fingerprint density at radius 3 is 2.54 bits per heavy atom. The largest absolute Gasteiger partial charge is 0.333 e. The molecule has 7 heteroatoms. The van der Waals surface area contributed by atoms with Crippen molar-refractivity contribution in [1.29, 1.82) is 0 Å². The number of nitrogens with zero attached hydrogens (tertiary/aromatic N) is 2.